The van der Waals surface area contributed by atoms with Gasteiger partial charge in [-0.2, -0.15) is 26.3 Å². The van der Waals surface area contributed by atoms with E-state index >= 15 is 0 Å². The van der Waals surface area contributed by atoms with Gasteiger partial charge in [0.15, 0.2) is 0 Å². The van der Waals surface area contributed by atoms with Crippen LogP contribution in [0.2, 0.25) is 0 Å². The molecule has 0 fully saturated rings. The summed E-state index contributed by atoms with van der Waals surface area (Å²) in [5.41, 5.74) is -3.67. The predicted octanol–water partition coefficient (Wildman–Crippen LogP) is 7.34. The van der Waals surface area contributed by atoms with Crippen LogP contribution in [0.4, 0.5) is 32.0 Å². The Morgan fingerprint density at radius 2 is 1.28 bits per heavy atom. The third kappa shape index (κ3) is 6.63. The molecule has 12 heteroatoms. The number of amides is 2. The van der Waals surface area contributed by atoms with E-state index in [9.17, 15) is 35.9 Å². The van der Waals surface area contributed by atoms with Crippen molar-refractivity contribution in [3.05, 3.63) is 86.5 Å². The maximum atomic E-state index is 13.9. The zero-order valence-electron chi connectivity index (χ0n) is 18.0. The lowest BCUT2D eigenvalue weighted by Crippen LogP contribution is -2.21. The first-order valence-corrected chi connectivity index (χ1v) is 14.0. The van der Waals surface area contributed by atoms with Crippen LogP contribution >= 0.6 is 43.3 Å². The van der Waals surface area contributed by atoms with Crippen molar-refractivity contribution in [3.63, 3.8) is 0 Å². The molecule has 3 rings (SSSR count). The first kappa shape index (κ1) is 28.1. The Morgan fingerprint density at radius 1 is 0.778 bits per heavy atom. The molecule has 2 amide bonds. The van der Waals surface area contributed by atoms with Crippen molar-refractivity contribution in [1.82, 2.24) is 5.32 Å². The van der Waals surface area contributed by atoms with Gasteiger partial charge in [0.25, 0.3) is 11.8 Å². The van der Waals surface area contributed by atoms with Crippen molar-refractivity contribution in [2.75, 3.05) is 9.87 Å². The number of anilines is 1. The summed E-state index contributed by atoms with van der Waals surface area (Å²) in [6.07, 6.45) is -9.87. The fraction of sp³-hybridized carbons (Fsp3) is 0.125. The lowest BCUT2D eigenvalue weighted by atomic mass is 9.94. The number of alkyl halides is 7. The highest BCUT2D eigenvalue weighted by molar-refractivity contribution is 14.2. The maximum Gasteiger partial charge on any atom is 0.417 e. The average molecular weight is 732 g/mol. The van der Waals surface area contributed by atoms with Gasteiger partial charge in [-0.25, -0.2) is 0 Å². The largest absolute Gasteiger partial charge is 0.417 e. The van der Waals surface area contributed by atoms with Crippen molar-refractivity contribution in [3.8, 4) is 11.1 Å². The summed E-state index contributed by atoms with van der Waals surface area (Å²) < 4.78 is 87.0. The van der Waals surface area contributed by atoms with Gasteiger partial charge < -0.3 is 10.6 Å². The van der Waals surface area contributed by atoms with Crippen LogP contribution in [0.15, 0.2) is 60.7 Å². The van der Waals surface area contributed by atoms with E-state index in [1.54, 1.807) is 0 Å². The van der Waals surface area contributed by atoms with E-state index in [-0.39, 0.29) is 17.2 Å². The molecule has 0 aromatic heterocycles. The van der Waals surface area contributed by atoms with Gasteiger partial charge in [0.1, 0.15) is 0 Å². The zero-order valence-corrected chi connectivity index (χ0v) is 22.3. The molecule has 0 spiro atoms. The Balaban J connectivity index is 1.98. The minimum Gasteiger partial charge on any atom is -0.343 e. The summed E-state index contributed by atoms with van der Waals surface area (Å²) in [5.74, 6) is -1.11. The molecule has 3 aromatic carbocycles. The van der Waals surface area contributed by atoms with Crippen molar-refractivity contribution < 1.29 is 35.9 Å². The van der Waals surface area contributed by atoms with Gasteiger partial charge in [-0.1, -0.05) is 60.0 Å². The Labute approximate surface area is 225 Å². The highest BCUT2D eigenvalue weighted by Gasteiger charge is 2.38. The van der Waals surface area contributed by atoms with Crippen molar-refractivity contribution in [1.29, 1.82) is 0 Å². The van der Waals surface area contributed by atoms with E-state index in [4.69, 9.17) is 0 Å². The van der Waals surface area contributed by atoms with E-state index in [1.807, 2.05) is 22.6 Å². The number of benzene rings is 3. The molecule has 0 heterocycles. The number of nitrogens with one attached hydrogen (secondary N) is 2. The van der Waals surface area contributed by atoms with Crippen LogP contribution in [0.25, 0.3) is 11.1 Å². The predicted molar refractivity (Wildman–Crippen MR) is 142 cm³/mol. The molecule has 36 heavy (non-hydrogen) atoms. The molecule has 3 aromatic rings. The second-order valence-electron chi connectivity index (χ2n) is 7.25. The highest BCUT2D eigenvalue weighted by atomic mass is 127. The quantitative estimate of drug-likeness (QED) is 0.121. The smallest absolute Gasteiger partial charge is 0.343 e. The molecule has 0 aliphatic carbocycles. The lowest BCUT2D eigenvalue weighted by Gasteiger charge is -2.19. The maximum absolute atomic E-state index is 13.9. The summed E-state index contributed by atoms with van der Waals surface area (Å²) in [5, 5.41) is 4.90. The fourth-order valence-electron chi connectivity index (χ4n) is 3.30. The van der Waals surface area contributed by atoms with Crippen LogP contribution in [-0.2, 0) is 12.4 Å². The summed E-state index contributed by atoms with van der Waals surface area (Å²) >= 11 is 0.990. The Morgan fingerprint density at radius 3 is 1.78 bits per heavy atom. The van der Waals surface area contributed by atoms with Gasteiger partial charge in [-0.15, -0.1) is 0 Å². The zero-order chi connectivity index (χ0) is 26.7. The molecule has 0 saturated heterocycles. The highest BCUT2D eigenvalue weighted by Crippen LogP contribution is 2.44. The molecule has 0 unspecified atom stereocenters. The third-order valence-corrected chi connectivity index (χ3v) is 6.88. The monoisotopic (exact) mass is 732 g/mol. The first-order valence-electron chi connectivity index (χ1n) is 9.92. The molecule has 0 aliphatic rings. The van der Waals surface area contributed by atoms with Gasteiger partial charge >= 0.3 is 12.4 Å². The van der Waals surface area contributed by atoms with Gasteiger partial charge in [-0.3, -0.25) is 9.59 Å². The van der Waals surface area contributed by atoms with E-state index in [0.717, 1.165) is 24.3 Å². The van der Waals surface area contributed by atoms with Crippen molar-refractivity contribution in [2.24, 2.45) is 0 Å². The average Bonchev–Trinajstić information content (AvgIpc) is 2.83. The number of carbonyl (C=O) groups is 2. The Bertz CT molecular complexity index is 1310. The normalized spacial score (nSPS) is 11.8. The second kappa shape index (κ2) is 11.3. The van der Waals surface area contributed by atoms with Gasteiger partial charge in [-0.05, 0) is 59.7 Å². The molecule has 0 bridgehead atoms. The molecule has 2 N–H and O–H groups in total. The number of halogens is 8. The molecular formula is C24H16F6I2N2O2. The molecule has 190 valence electrons. The summed E-state index contributed by atoms with van der Waals surface area (Å²) in [4.78, 5) is 24.4. The van der Waals surface area contributed by atoms with Crippen LogP contribution in [-0.4, -0.2) is 20.9 Å². The topological polar surface area (TPSA) is 58.2 Å². The number of hydrogen-bond acceptors (Lipinski definition) is 2. The lowest BCUT2D eigenvalue weighted by molar-refractivity contribution is -0.139. The Kier molecular flexibility index (Phi) is 8.80. The summed E-state index contributed by atoms with van der Waals surface area (Å²) in [6.45, 7) is 0. The second-order valence-corrected chi connectivity index (χ2v) is 10.0. The third-order valence-electron chi connectivity index (χ3n) is 4.95. The molecule has 0 atom stereocenters. The van der Waals surface area contributed by atoms with Gasteiger partial charge in [0.2, 0.25) is 0 Å². The van der Waals surface area contributed by atoms with Crippen LogP contribution < -0.4 is 10.6 Å². The molecule has 0 saturated carbocycles. The molecular weight excluding hydrogens is 716 g/mol. The van der Waals surface area contributed by atoms with Crippen molar-refractivity contribution >= 4 is 65.3 Å². The molecule has 0 aliphatic heterocycles. The van der Waals surface area contributed by atoms with Crippen LogP contribution in [0.1, 0.15) is 31.8 Å². The number of carbonyl (C=O) groups excluding carboxylic acids is 2. The minimum atomic E-state index is -5.00. The standard InChI is InChI=1S/C24H16F6I2N2O2/c1-32-15-6-8-17(19(10-15)23(25,26)27)18-9-7-16(11-20(18)24(28,29)30)34-22(36)14-4-2-13(3-5-14)21(35)33-12-31/h2-11H,1,12H2,(H,33,35)(H,34,36). The van der Waals surface area contributed by atoms with Crippen LogP contribution in [0, 0.1) is 3.57 Å². The van der Waals surface area contributed by atoms with Crippen molar-refractivity contribution in [2.45, 2.75) is 12.4 Å². The van der Waals surface area contributed by atoms with Crippen LogP contribution in [0.5, 0.6) is 0 Å². The van der Waals surface area contributed by atoms with E-state index in [2.05, 4.69) is 15.1 Å². The number of rotatable bonds is 6. The van der Waals surface area contributed by atoms with Gasteiger partial charge in [0.05, 0.1) is 15.7 Å². The molecule has 0 radical (unpaired) electrons. The number of hydrogen-bond donors (Lipinski definition) is 2. The summed E-state index contributed by atoms with van der Waals surface area (Å²) in [7, 11) is 0. The first-order chi connectivity index (χ1) is 16.8. The Hall–Kier alpha value is -2.49. The molecule has 4 nitrogen and oxygen atoms in total. The van der Waals surface area contributed by atoms with E-state index in [0.29, 0.717) is 19.8 Å². The van der Waals surface area contributed by atoms with E-state index in [1.165, 1.54) is 30.3 Å². The van der Waals surface area contributed by atoms with Gasteiger partial charge in [0, 0.05) is 20.4 Å². The summed E-state index contributed by atoms with van der Waals surface area (Å²) in [6, 6.07) is 11.2. The minimum absolute atomic E-state index is 0.0741. The van der Waals surface area contributed by atoms with Crippen LogP contribution in [0.3, 0.4) is 0 Å². The fourth-order valence-corrected chi connectivity index (χ4v) is 4.61. The van der Waals surface area contributed by atoms with E-state index < -0.39 is 61.2 Å². The SMILES string of the molecule is C=Ic1ccc(-c2ccc(NC(=O)c3ccc(C(=O)NCI)cc3)cc2C(F)(F)F)c(C(F)(F)F)c1.